The van der Waals surface area contributed by atoms with Gasteiger partial charge in [0.1, 0.15) is 0 Å². The molecular formula is C21H27NO2S. The minimum atomic E-state index is -0.130. The van der Waals surface area contributed by atoms with Crippen molar-refractivity contribution >= 4 is 17.2 Å². The van der Waals surface area contributed by atoms with Gasteiger partial charge in [0, 0.05) is 23.4 Å². The number of amides is 1. The maximum Gasteiger partial charge on any atom is 0.225 e. The number of rotatable bonds is 6. The van der Waals surface area contributed by atoms with Crippen molar-refractivity contribution in [3.8, 4) is 0 Å². The van der Waals surface area contributed by atoms with Crippen LogP contribution >= 0.6 is 11.3 Å². The molecule has 1 aromatic carbocycles. The summed E-state index contributed by atoms with van der Waals surface area (Å²) in [4.78, 5) is 13.3. The van der Waals surface area contributed by atoms with Crippen molar-refractivity contribution in [1.82, 2.24) is 5.32 Å². The molecule has 1 atom stereocenters. The number of carbonyl (C=O) groups is 1. The number of hydrogen-bond acceptors (Lipinski definition) is 3. The maximum atomic E-state index is 12.2. The van der Waals surface area contributed by atoms with Gasteiger partial charge in [-0.2, -0.15) is 0 Å². The van der Waals surface area contributed by atoms with Crippen LogP contribution in [0.4, 0.5) is 0 Å². The summed E-state index contributed by atoms with van der Waals surface area (Å²) in [5, 5.41) is 5.13. The third-order valence-electron chi connectivity index (χ3n) is 5.06. The molecule has 0 radical (unpaired) electrons. The van der Waals surface area contributed by atoms with Gasteiger partial charge in [0.05, 0.1) is 12.0 Å². The van der Waals surface area contributed by atoms with E-state index >= 15 is 0 Å². The standard InChI is InChI=1S/C21H27NO2S/c1-20(2)16-21(11-13-24-20,17-7-4-3-5-8-17)10-12-22-19(23)15-18-9-6-14-25-18/h3-9,14H,10-13,15-16H2,1-2H3,(H,22,23)/t21-/m1/s1. The topological polar surface area (TPSA) is 38.3 Å². The highest BCUT2D eigenvalue weighted by atomic mass is 32.1. The first-order valence-electron chi connectivity index (χ1n) is 8.98. The van der Waals surface area contributed by atoms with Crippen molar-refractivity contribution in [2.75, 3.05) is 13.2 Å². The number of nitrogens with one attached hydrogen (secondary N) is 1. The normalized spacial score (nSPS) is 22.5. The van der Waals surface area contributed by atoms with E-state index in [1.165, 1.54) is 5.56 Å². The lowest BCUT2D eigenvalue weighted by Gasteiger charge is -2.45. The van der Waals surface area contributed by atoms with E-state index < -0.39 is 0 Å². The third-order valence-corrected chi connectivity index (χ3v) is 5.94. The Morgan fingerprint density at radius 2 is 2.00 bits per heavy atom. The quantitative estimate of drug-likeness (QED) is 0.836. The van der Waals surface area contributed by atoms with E-state index in [1.807, 2.05) is 17.5 Å². The monoisotopic (exact) mass is 357 g/mol. The Morgan fingerprint density at radius 3 is 2.68 bits per heavy atom. The highest BCUT2D eigenvalue weighted by Gasteiger charge is 2.41. The number of ether oxygens (including phenoxy) is 1. The number of benzene rings is 1. The fourth-order valence-electron chi connectivity index (χ4n) is 3.95. The molecule has 4 heteroatoms. The van der Waals surface area contributed by atoms with E-state index in [9.17, 15) is 4.79 Å². The molecule has 0 spiro atoms. The highest BCUT2D eigenvalue weighted by molar-refractivity contribution is 7.10. The lowest BCUT2D eigenvalue weighted by Crippen LogP contribution is -2.45. The van der Waals surface area contributed by atoms with Gasteiger partial charge in [0.15, 0.2) is 0 Å². The van der Waals surface area contributed by atoms with Crippen LogP contribution in [0, 0.1) is 0 Å². The molecule has 1 N–H and O–H groups in total. The number of carbonyl (C=O) groups excluding carboxylic acids is 1. The lowest BCUT2D eigenvalue weighted by molar-refractivity contribution is -0.120. The van der Waals surface area contributed by atoms with Crippen molar-refractivity contribution in [2.45, 2.75) is 50.5 Å². The summed E-state index contributed by atoms with van der Waals surface area (Å²) in [5.41, 5.74) is 1.30. The first-order chi connectivity index (χ1) is 12.0. The maximum absolute atomic E-state index is 12.2. The molecule has 1 fully saturated rings. The van der Waals surface area contributed by atoms with Gasteiger partial charge >= 0.3 is 0 Å². The smallest absolute Gasteiger partial charge is 0.225 e. The van der Waals surface area contributed by atoms with Crippen molar-refractivity contribution in [2.24, 2.45) is 0 Å². The van der Waals surface area contributed by atoms with Gasteiger partial charge in [-0.1, -0.05) is 36.4 Å². The Hall–Kier alpha value is -1.65. The number of thiophene rings is 1. The second-order valence-corrected chi connectivity index (χ2v) is 8.57. The molecule has 0 bridgehead atoms. The van der Waals surface area contributed by atoms with E-state index in [0.717, 1.165) is 30.7 Å². The first kappa shape index (κ1) is 18.2. The van der Waals surface area contributed by atoms with Crippen LogP contribution in [0.25, 0.3) is 0 Å². The summed E-state index contributed by atoms with van der Waals surface area (Å²) in [5.74, 6) is 0.108. The number of hydrogen-bond donors (Lipinski definition) is 1. The zero-order chi connectivity index (χ0) is 17.8. The molecule has 3 nitrogen and oxygen atoms in total. The Bertz CT molecular complexity index is 681. The van der Waals surface area contributed by atoms with Gasteiger partial charge in [-0.3, -0.25) is 4.79 Å². The van der Waals surface area contributed by atoms with Crippen LogP contribution in [-0.4, -0.2) is 24.7 Å². The summed E-state index contributed by atoms with van der Waals surface area (Å²) < 4.78 is 5.95. The van der Waals surface area contributed by atoms with Gasteiger partial charge in [0.2, 0.25) is 5.91 Å². The second kappa shape index (κ2) is 7.71. The van der Waals surface area contributed by atoms with E-state index in [2.05, 4.69) is 49.5 Å². The van der Waals surface area contributed by atoms with Gasteiger partial charge in [-0.05, 0) is 50.1 Å². The summed E-state index contributed by atoms with van der Waals surface area (Å²) in [6.45, 7) is 5.80. The fourth-order valence-corrected chi connectivity index (χ4v) is 4.65. The second-order valence-electron chi connectivity index (χ2n) is 7.54. The molecule has 134 valence electrons. The van der Waals surface area contributed by atoms with Crippen LogP contribution in [0.15, 0.2) is 47.8 Å². The molecule has 2 heterocycles. The lowest BCUT2D eigenvalue weighted by atomic mass is 9.67. The molecule has 1 amide bonds. The molecule has 1 aliphatic rings. The van der Waals surface area contributed by atoms with Gasteiger partial charge < -0.3 is 10.1 Å². The van der Waals surface area contributed by atoms with E-state index in [-0.39, 0.29) is 16.9 Å². The van der Waals surface area contributed by atoms with Gasteiger partial charge in [0.25, 0.3) is 0 Å². The van der Waals surface area contributed by atoms with Crippen molar-refractivity contribution in [1.29, 1.82) is 0 Å². The SMILES string of the molecule is CC1(C)C[C@](CCNC(=O)Cc2cccs2)(c2ccccc2)CCO1. The molecule has 0 unspecified atom stereocenters. The zero-order valence-corrected chi connectivity index (χ0v) is 15.9. The molecule has 1 saturated heterocycles. The minimum absolute atomic E-state index is 0.0687. The molecule has 0 saturated carbocycles. The van der Waals surface area contributed by atoms with E-state index in [0.29, 0.717) is 13.0 Å². The molecule has 1 aromatic heterocycles. The predicted octanol–water partition coefficient (Wildman–Crippen LogP) is 4.32. The minimum Gasteiger partial charge on any atom is -0.376 e. The van der Waals surface area contributed by atoms with Crippen molar-refractivity contribution in [3.63, 3.8) is 0 Å². The molecular weight excluding hydrogens is 330 g/mol. The van der Waals surface area contributed by atoms with Crippen LogP contribution in [-0.2, 0) is 21.4 Å². The predicted molar refractivity (Wildman–Crippen MR) is 103 cm³/mol. The largest absolute Gasteiger partial charge is 0.376 e. The van der Waals surface area contributed by atoms with Crippen LogP contribution < -0.4 is 5.32 Å². The van der Waals surface area contributed by atoms with Crippen molar-refractivity contribution in [3.05, 3.63) is 58.3 Å². The molecule has 25 heavy (non-hydrogen) atoms. The Morgan fingerprint density at radius 1 is 1.20 bits per heavy atom. The highest BCUT2D eigenvalue weighted by Crippen LogP contribution is 2.43. The summed E-state index contributed by atoms with van der Waals surface area (Å²) in [6, 6.07) is 14.7. The molecule has 3 rings (SSSR count). The van der Waals surface area contributed by atoms with Crippen molar-refractivity contribution < 1.29 is 9.53 Å². The molecule has 2 aromatic rings. The van der Waals surface area contributed by atoms with Crippen LogP contribution in [0.3, 0.4) is 0 Å². The summed E-state index contributed by atoms with van der Waals surface area (Å²) >= 11 is 1.63. The summed E-state index contributed by atoms with van der Waals surface area (Å²) in [6.07, 6.45) is 3.40. The summed E-state index contributed by atoms with van der Waals surface area (Å²) in [7, 11) is 0. The van der Waals surface area contributed by atoms with Gasteiger partial charge in [-0.25, -0.2) is 0 Å². The van der Waals surface area contributed by atoms with E-state index in [4.69, 9.17) is 4.74 Å². The van der Waals surface area contributed by atoms with Crippen LogP contribution in [0.1, 0.15) is 43.6 Å². The zero-order valence-electron chi connectivity index (χ0n) is 15.1. The van der Waals surface area contributed by atoms with Gasteiger partial charge in [-0.15, -0.1) is 11.3 Å². The first-order valence-corrected chi connectivity index (χ1v) is 9.86. The molecule has 1 aliphatic heterocycles. The Balaban J connectivity index is 1.65. The van der Waals surface area contributed by atoms with Crippen LogP contribution in [0.5, 0.6) is 0 Å². The molecule has 0 aliphatic carbocycles. The fraction of sp³-hybridized carbons (Fsp3) is 0.476. The average Bonchev–Trinajstić information content (AvgIpc) is 3.07. The Labute approximate surface area is 154 Å². The average molecular weight is 358 g/mol. The third kappa shape index (κ3) is 4.71. The van der Waals surface area contributed by atoms with Crippen LogP contribution in [0.2, 0.25) is 0 Å². The Kier molecular flexibility index (Phi) is 5.60. The van der Waals surface area contributed by atoms with E-state index in [1.54, 1.807) is 11.3 Å².